The van der Waals surface area contributed by atoms with Gasteiger partial charge in [0.05, 0.1) is 0 Å². The Morgan fingerprint density at radius 1 is 1.17 bits per heavy atom. The molecule has 0 aliphatic rings. The molecule has 1 amide bonds. The fourth-order valence-electron chi connectivity index (χ4n) is 2.02. The van der Waals surface area contributed by atoms with E-state index in [-0.39, 0.29) is 31.6 Å². The lowest BCUT2D eigenvalue weighted by Crippen LogP contribution is -2.39. The average Bonchev–Trinajstić information content (AvgIpc) is 2.50. The van der Waals surface area contributed by atoms with Gasteiger partial charge in [-0.3, -0.25) is 4.79 Å². The van der Waals surface area contributed by atoms with Crippen LogP contribution in [0.4, 0.5) is 4.79 Å². The molecule has 1 aromatic rings. The average molecular weight is 337 g/mol. The van der Waals surface area contributed by atoms with Crippen LogP contribution in [0.1, 0.15) is 45.6 Å². The number of alkyl carbamates (subject to hydrolysis) is 1. The van der Waals surface area contributed by atoms with Crippen molar-refractivity contribution in [2.75, 3.05) is 6.61 Å². The molecule has 0 saturated carbocycles. The predicted octanol–water partition coefficient (Wildman–Crippen LogP) is 2.79. The van der Waals surface area contributed by atoms with E-state index < -0.39 is 11.7 Å². The third kappa shape index (κ3) is 9.15. The molecular weight excluding hydrogens is 310 g/mol. The number of aliphatic hydroxyl groups excluding tert-OH is 1. The van der Waals surface area contributed by atoms with Crippen LogP contribution in [0.2, 0.25) is 0 Å². The van der Waals surface area contributed by atoms with Crippen molar-refractivity contribution in [2.45, 2.75) is 58.3 Å². The molecule has 0 aliphatic heterocycles. The highest BCUT2D eigenvalue weighted by Crippen LogP contribution is 2.10. The Kier molecular flexibility index (Phi) is 8.26. The quantitative estimate of drug-likeness (QED) is 0.713. The Morgan fingerprint density at radius 3 is 2.42 bits per heavy atom. The summed E-state index contributed by atoms with van der Waals surface area (Å²) in [5, 5.41) is 11.8. The number of ether oxygens (including phenoxy) is 2. The molecule has 0 unspecified atom stereocenters. The van der Waals surface area contributed by atoms with E-state index in [1.165, 1.54) is 0 Å². The maximum Gasteiger partial charge on any atom is 0.407 e. The van der Waals surface area contributed by atoms with Crippen LogP contribution < -0.4 is 5.32 Å². The number of rotatable bonds is 8. The zero-order chi connectivity index (χ0) is 18.0. The summed E-state index contributed by atoms with van der Waals surface area (Å²) < 4.78 is 10.4. The zero-order valence-electron chi connectivity index (χ0n) is 14.6. The van der Waals surface area contributed by atoms with E-state index >= 15 is 0 Å². The summed E-state index contributed by atoms with van der Waals surface area (Å²) in [6.45, 7) is 5.46. The maximum absolute atomic E-state index is 11.8. The molecule has 0 fully saturated rings. The normalized spacial score (nSPS) is 12.3. The molecule has 0 radical (unpaired) electrons. The SMILES string of the molecule is CC(C)(C)OC(=O)N[C@@H](CCO)CCC(=O)OCc1ccccc1. The standard InChI is InChI=1S/C18H27NO5/c1-18(2,3)24-17(22)19-15(11-12-20)9-10-16(21)23-13-14-7-5-4-6-8-14/h4-8,15,20H,9-13H2,1-3H3,(H,19,22)/t15-/m1/s1. The van der Waals surface area contributed by atoms with E-state index in [9.17, 15) is 9.59 Å². The van der Waals surface area contributed by atoms with Crippen LogP contribution >= 0.6 is 0 Å². The van der Waals surface area contributed by atoms with Gasteiger partial charge in [0.2, 0.25) is 0 Å². The van der Waals surface area contributed by atoms with Gasteiger partial charge in [-0.25, -0.2) is 4.79 Å². The second-order valence-corrected chi connectivity index (χ2v) is 6.54. The smallest absolute Gasteiger partial charge is 0.407 e. The molecule has 0 heterocycles. The zero-order valence-corrected chi connectivity index (χ0v) is 14.6. The van der Waals surface area contributed by atoms with E-state index in [1.54, 1.807) is 20.8 Å². The number of carbonyl (C=O) groups is 2. The molecule has 24 heavy (non-hydrogen) atoms. The molecule has 6 nitrogen and oxygen atoms in total. The van der Waals surface area contributed by atoms with Gasteiger partial charge in [-0.2, -0.15) is 0 Å². The molecule has 6 heteroatoms. The van der Waals surface area contributed by atoms with E-state index in [0.717, 1.165) is 5.56 Å². The Labute approximate surface area is 143 Å². The van der Waals surface area contributed by atoms with Gasteiger partial charge in [0.25, 0.3) is 0 Å². The molecule has 0 bridgehead atoms. The summed E-state index contributed by atoms with van der Waals surface area (Å²) >= 11 is 0. The predicted molar refractivity (Wildman–Crippen MR) is 90.3 cm³/mol. The monoisotopic (exact) mass is 337 g/mol. The highest BCUT2D eigenvalue weighted by molar-refractivity contribution is 5.70. The maximum atomic E-state index is 11.8. The van der Waals surface area contributed by atoms with Crippen molar-refractivity contribution in [1.82, 2.24) is 5.32 Å². The summed E-state index contributed by atoms with van der Waals surface area (Å²) in [6, 6.07) is 9.08. The first-order valence-corrected chi connectivity index (χ1v) is 8.10. The largest absolute Gasteiger partial charge is 0.461 e. The minimum Gasteiger partial charge on any atom is -0.461 e. The molecule has 0 aliphatic carbocycles. The summed E-state index contributed by atoms with van der Waals surface area (Å²) in [5.41, 5.74) is 0.326. The van der Waals surface area contributed by atoms with E-state index in [0.29, 0.717) is 12.8 Å². The van der Waals surface area contributed by atoms with Gasteiger partial charge in [0, 0.05) is 19.1 Å². The van der Waals surface area contributed by atoms with Crippen molar-refractivity contribution in [1.29, 1.82) is 0 Å². The number of benzene rings is 1. The number of amides is 1. The fourth-order valence-corrected chi connectivity index (χ4v) is 2.02. The van der Waals surface area contributed by atoms with Gasteiger partial charge in [0.15, 0.2) is 0 Å². The first kappa shape index (κ1) is 20.0. The highest BCUT2D eigenvalue weighted by Gasteiger charge is 2.20. The second kappa shape index (κ2) is 9.93. The van der Waals surface area contributed by atoms with Crippen LogP contribution in [-0.4, -0.2) is 35.4 Å². The van der Waals surface area contributed by atoms with Crippen LogP contribution in [0, 0.1) is 0 Å². The van der Waals surface area contributed by atoms with Crippen LogP contribution in [-0.2, 0) is 20.9 Å². The topological polar surface area (TPSA) is 84.9 Å². The fraction of sp³-hybridized carbons (Fsp3) is 0.556. The Hall–Kier alpha value is -2.08. The molecule has 1 atom stereocenters. The minimum atomic E-state index is -0.595. The number of hydrogen-bond donors (Lipinski definition) is 2. The van der Waals surface area contributed by atoms with Crippen LogP contribution in [0.5, 0.6) is 0 Å². The van der Waals surface area contributed by atoms with Crippen molar-refractivity contribution in [3.8, 4) is 0 Å². The minimum absolute atomic E-state index is 0.0838. The van der Waals surface area contributed by atoms with Crippen LogP contribution in [0.3, 0.4) is 0 Å². The molecule has 0 saturated heterocycles. The number of carbonyl (C=O) groups excluding carboxylic acids is 2. The van der Waals surface area contributed by atoms with Crippen molar-refractivity contribution in [3.05, 3.63) is 35.9 Å². The lowest BCUT2D eigenvalue weighted by atomic mass is 10.1. The van der Waals surface area contributed by atoms with Crippen molar-refractivity contribution >= 4 is 12.1 Å². The molecule has 1 rings (SSSR count). The first-order valence-electron chi connectivity index (χ1n) is 8.10. The molecule has 0 aromatic heterocycles. The third-order valence-corrected chi connectivity index (χ3v) is 3.14. The van der Waals surface area contributed by atoms with Crippen molar-refractivity contribution in [3.63, 3.8) is 0 Å². The molecule has 1 aromatic carbocycles. The van der Waals surface area contributed by atoms with E-state index in [2.05, 4.69) is 5.32 Å². The van der Waals surface area contributed by atoms with Crippen LogP contribution in [0.25, 0.3) is 0 Å². The van der Waals surface area contributed by atoms with Crippen molar-refractivity contribution in [2.24, 2.45) is 0 Å². The Bertz CT molecular complexity index is 510. The van der Waals surface area contributed by atoms with Gasteiger partial charge in [0.1, 0.15) is 12.2 Å². The molecular formula is C18H27NO5. The third-order valence-electron chi connectivity index (χ3n) is 3.14. The number of hydrogen-bond acceptors (Lipinski definition) is 5. The Morgan fingerprint density at radius 2 is 1.83 bits per heavy atom. The van der Waals surface area contributed by atoms with Gasteiger partial charge >= 0.3 is 12.1 Å². The van der Waals surface area contributed by atoms with Gasteiger partial charge in [-0.15, -0.1) is 0 Å². The number of aliphatic hydroxyl groups is 1. The van der Waals surface area contributed by atoms with E-state index in [4.69, 9.17) is 14.6 Å². The number of esters is 1. The Balaban J connectivity index is 2.36. The van der Waals surface area contributed by atoms with Gasteiger partial charge in [-0.1, -0.05) is 30.3 Å². The van der Waals surface area contributed by atoms with E-state index in [1.807, 2.05) is 30.3 Å². The first-order chi connectivity index (χ1) is 11.3. The molecule has 0 spiro atoms. The summed E-state index contributed by atoms with van der Waals surface area (Å²) in [4.78, 5) is 23.6. The van der Waals surface area contributed by atoms with Gasteiger partial charge < -0.3 is 19.9 Å². The van der Waals surface area contributed by atoms with Crippen LogP contribution in [0.15, 0.2) is 30.3 Å². The summed E-state index contributed by atoms with van der Waals surface area (Å²) in [7, 11) is 0. The molecule has 134 valence electrons. The lowest BCUT2D eigenvalue weighted by Gasteiger charge is -2.23. The highest BCUT2D eigenvalue weighted by atomic mass is 16.6. The summed E-state index contributed by atoms with van der Waals surface area (Å²) in [6.07, 6.45) is 0.338. The number of nitrogens with one attached hydrogen (secondary N) is 1. The summed E-state index contributed by atoms with van der Waals surface area (Å²) in [5.74, 6) is -0.340. The lowest BCUT2D eigenvalue weighted by molar-refractivity contribution is -0.145. The second-order valence-electron chi connectivity index (χ2n) is 6.54. The molecule has 2 N–H and O–H groups in total. The van der Waals surface area contributed by atoms with Gasteiger partial charge in [-0.05, 0) is 39.2 Å². The van der Waals surface area contributed by atoms with Crippen molar-refractivity contribution < 1.29 is 24.2 Å².